The molecule has 0 radical (unpaired) electrons. The summed E-state index contributed by atoms with van der Waals surface area (Å²) in [5, 5.41) is 0. The van der Waals surface area contributed by atoms with Crippen LogP contribution in [0.3, 0.4) is 0 Å². The quantitative estimate of drug-likeness (QED) is 0.725. The highest BCUT2D eigenvalue weighted by molar-refractivity contribution is 7.86. The SMILES string of the molecule is COCC1CCN(S(=O)(=O)N2CCC3(CC2)OCCc2cccc(OC)c23)CC1. The van der Waals surface area contributed by atoms with E-state index in [4.69, 9.17) is 14.2 Å². The van der Waals surface area contributed by atoms with Crippen LogP contribution in [-0.2, 0) is 31.7 Å². The number of rotatable bonds is 5. The van der Waals surface area contributed by atoms with Crippen molar-refractivity contribution in [2.75, 3.05) is 53.6 Å². The second-order valence-corrected chi connectivity index (χ2v) is 10.2. The van der Waals surface area contributed by atoms with E-state index in [0.29, 0.717) is 58.2 Å². The third kappa shape index (κ3) is 3.93. The van der Waals surface area contributed by atoms with Gasteiger partial charge in [0.1, 0.15) is 5.75 Å². The number of hydrogen-bond acceptors (Lipinski definition) is 5. The molecule has 0 atom stereocenters. The molecule has 2 fully saturated rings. The fraction of sp³-hybridized carbons (Fsp3) is 0.714. The van der Waals surface area contributed by atoms with Gasteiger partial charge >= 0.3 is 0 Å². The molecule has 0 amide bonds. The molecular formula is C21H32N2O5S. The van der Waals surface area contributed by atoms with Crippen molar-refractivity contribution >= 4 is 10.2 Å². The molecule has 2 saturated heterocycles. The van der Waals surface area contributed by atoms with E-state index in [2.05, 4.69) is 6.07 Å². The van der Waals surface area contributed by atoms with Crippen LogP contribution in [0.1, 0.15) is 36.8 Å². The van der Waals surface area contributed by atoms with Crippen LogP contribution in [0.4, 0.5) is 0 Å². The van der Waals surface area contributed by atoms with Gasteiger partial charge in [0.2, 0.25) is 0 Å². The molecule has 0 N–H and O–H groups in total. The molecule has 0 unspecified atom stereocenters. The first-order valence-corrected chi connectivity index (χ1v) is 11.9. The van der Waals surface area contributed by atoms with E-state index in [1.54, 1.807) is 22.8 Å². The van der Waals surface area contributed by atoms with Gasteiger partial charge in [-0.1, -0.05) is 12.1 Å². The van der Waals surface area contributed by atoms with Crippen molar-refractivity contribution in [2.45, 2.75) is 37.7 Å². The standard InChI is InChI=1S/C21H32N2O5S/c1-26-16-17-6-11-22(12-7-17)29(24,25)23-13-9-21(10-14-23)20-18(8-15-28-21)4-3-5-19(20)27-2/h3-5,17H,6-16H2,1-2H3. The molecule has 3 heterocycles. The average molecular weight is 425 g/mol. The number of fused-ring (bicyclic) bond motifs is 2. The van der Waals surface area contributed by atoms with Crippen molar-refractivity contribution in [3.63, 3.8) is 0 Å². The molecule has 1 aromatic rings. The lowest BCUT2D eigenvalue weighted by Gasteiger charge is -2.46. The molecule has 29 heavy (non-hydrogen) atoms. The zero-order valence-electron chi connectivity index (χ0n) is 17.4. The van der Waals surface area contributed by atoms with Crippen molar-refractivity contribution in [3.8, 4) is 5.75 Å². The molecule has 7 nitrogen and oxygen atoms in total. The minimum Gasteiger partial charge on any atom is -0.496 e. The molecule has 0 aliphatic carbocycles. The first-order chi connectivity index (χ1) is 14.0. The van der Waals surface area contributed by atoms with E-state index in [1.165, 1.54) is 5.56 Å². The van der Waals surface area contributed by atoms with Gasteiger partial charge in [0.25, 0.3) is 10.2 Å². The third-order valence-electron chi connectivity index (χ3n) is 6.70. The highest BCUT2D eigenvalue weighted by Crippen LogP contribution is 2.46. The normalized spacial score (nSPS) is 23.8. The Morgan fingerprint density at radius 2 is 1.79 bits per heavy atom. The fourth-order valence-electron chi connectivity index (χ4n) is 5.08. The molecule has 4 rings (SSSR count). The van der Waals surface area contributed by atoms with Crippen LogP contribution in [0.25, 0.3) is 0 Å². The van der Waals surface area contributed by atoms with Crippen molar-refractivity contribution in [2.24, 2.45) is 5.92 Å². The molecule has 1 spiro atoms. The predicted octanol–water partition coefficient (Wildman–Crippen LogP) is 2.16. The molecule has 0 bridgehead atoms. The molecule has 0 aromatic heterocycles. The maximum absolute atomic E-state index is 13.2. The monoisotopic (exact) mass is 424 g/mol. The molecule has 0 saturated carbocycles. The summed E-state index contributed by atoms with van der Waals surface area (Å²) in [6.07, 6.45) is 3.89. The van der Waals surface area contributed by atoms with Crippen LogP contribution >= 0.6 is 0 Å². The van der Waals surface area contributed by atoms with E-state index in [9.17, 15) is 8.42 Å². The van der Waals surface area contributed by atoms with Crippen LogP contribution in [0.5, 0.6) is 5.75 Å². The minimum atomic E-state index is -3.43. The van der Waals surface area contributed by atoms with Gasteiger partial charge in [-0.05, 0) is 49.7 Å². The number of hydrogen-bond donors (Lipinski definition) is 0. The van der Waals surface area contributed by atoms with Crippen LogP contribution in [0, 0.1) is 5.92 Å². The van der Waals surface area contributed by atoms with E-state index in [-0.39, 0.29) is 0 Å². The van der Waals surface area contributed by atoms with Gasteiger partial charge in [-0.15, -0.1) is 0 Å². The Hall–Kier alpha value is -1.19. The maximum Gasteiger partial charge on any atom is 0.281 e. The zero-order chi connectivity index (χ0) is 20.5. The molecule has 1 aromatic carbocycles. The van der Waals surface area contributed by atoms with E-state index < -0.39 is 15.8 Å². The van der Waals surface area contributed by atoms with E-state index >= 15 is 0 Å². The first-order valence-electron chi connectivity index (χ1n) is 10.5. The first kappa shape index (κ1) is 21.1. The summed E-state index contributed by atoms with van der Waals surface area (Å²) in [4.78, 5) is 0. The van der Waals surface area contributed by atoms with Crippen LogP contribution in [0.2, 0.25) is 0 Å². The fourth-order valence-corrected chi connectivity index (χ4v) is 6.72. The largest absolute Gasteiger partial charge is 0.496 e. The lowest BCUT2D eigenvalue weighted by atomic mass is 9.79. The average Bonchev–Trinajstić information content (AvgIpc) is 2.74. The van der Waals surface area contributed by atoms with E-state index in [0.717, 1.165) is 30.6 Å². The second kappa shape index (κ2) is 8.51. The maximum atomic E-state index is 13.2. The van der Waals surface area contributed by atoms with Gasteiger partial charge in [0.15, 0.2) is 0 Å². The molecule has 3 aliphatic rings. The number of benzene rings is 1. The Morgan fingerprint density at radius 3 is 2.45 bits per heavy atom. The Morgan fingerprint density at radius 1 is 1.10 bits per heavy atom. The summed E-state index contributed by atoms with van der Waals surface area (Å²) in [7, 11) is -0.0460. The predicted molar refractivity (Wildman–Crippen MR) is 110 cm³/mol. The summed E-state index contributed by atoms with van der Waals surface area (Å²) in [5.41, 5.74) is 1.93. The van der Waals surface area contributed by atoms with Gasteiger partial charge in [0, 0.05) is 45.5 Å². The van der Waals surface area contributed by atoms with Crippen LogP contribution in [0.15, 0.2) is 18.2 Å². The van der Waals surface area contributed by atoms with Crippen LogP contribution < -0.4 is 4.74 Å². The van der Waals surface area contributed by atoms with Crippen molar-refractivity contribution in [3.05, 3.63) is 29.3 Å². The van der Waals surface area contributed by atoms with Gasteiger partial charge in [-0.3, -0.25) is 0 Å². The lowest BCUT2D eigenvalue weighted by molar-refractivity contribution is -0.0908. The van der Waals surface area contributed by atoms with Crippen molar-refractivity contribution in [1.82, 2.24) is 8.61 Å². The van der Waals surface area contributed by atoms with Crippen molar-refractivity contribution in [1.29, 1.82) is 0 Å². The minimum absolute atomic E-state index is 0.447. The molecule has 3 aliphatic heterocycles. The summed E-state index contributed by atoms with van der Waals surface area (Å²) in [6, 6.07) is 6.13. The third-order valence-corrected chi connectivity index (χ3v) is 8.73. The Bertz CT molecular complexity index is 798. The number of nitrogens with zero attached hydrogens (tertiary/aromatic N) is 2. The smallest absolute Gasteiger partial charge is 0.281 e. The number of ether oxygens (including phenoxy) is 3. The van der Waals surface area contributed by atoms with Gasteiger partial charge in [-0.25, -0.2) is 0 Å². The highest BCUT2D eigenvalue weighted by atomic mass is 32.2. The topological polar surface area (TPSA) is 68.3 Å². The highest BCUT2D eigenvalue weighted by Gasteiger charge is 2.46. The summed E-state index contributed by atoms with van der Waals surface area (Å²) in [5.74, 6) is 1.30. The summed E-state index contributed by atoms with van der Waals surface area (Å²) >= 11 is 0. The van der Waals surface area contributed by atoms with Crippen LogP contribution in [-0.4, -0.2) is 70.6 Å². The zero-order valence-corrected chi connectivity index (χ0v) is 18.2. The molecule has 8 heteroatoms. The second-order valence-electron chi connectivity index (χ2n) is 8.29. The molecular weight excluding hydrogens is 392 g/mol. The van der Waals surface area contributed by atoms with Gasteiger partial charge < -0.3 is 14.2 Å². The Balaban J connectivity index is 1.47. The molecule has 162 valence electrons. The lowest BCUT2D eigenvalue weighted by Crippen LogP contribution is -2.53. The van der Waals surface area contributed by atoms with Gasteiger partial charge in [0.05, 0.1) is 19.3 Å². The van der Waals surface area contributed by atoms with Gasteiger partial charge in [-0.2, -0.15) is 17.0 Å². The summed E-state index contributed by atoms with van der Waals surface area (Å²) < 4.78 is 46.8. The Kier molecular flexibility index (Phi) is 6.18. The number of methoxy groups -OCH3 is 2. The summed E-state index contributed by atoms with van der Waals surface area (Å²) in [6.45, 7) is 3.46. The number of piperidine rings is 2. The van der Waals surface area contributed by atoms with Crippen molar-refractivity contribution < 1.29 is 22.6 Å². The Labute approximate surface area is 174 Å². The van der Waals surface area contributed by atoms with E-state index in [1.807, 2.05) is 12.1 Å².